The molecular weight excluding hydrogens is 367 g/mol. The van der Waals surface area contributed by atoms with Crippen molar-refractivity contribution in [1.29, 1.82) is 5.26 Å². The van der Waals surface area contributed by atoms with Crippen molar-refractivity contribution in [3.05, 3.63) is 56.8 Å². The summed E-state index contributed by atoms with van der Waals surface area (Å²) in [5.74, 6) is -3.10. The van der Waals surface area contributed by atoms with Crippen LogP contribution in [0.2, 0.25) is 5.02 Å². The van der Waals surface area contributed by atoms with E-state index < -0.39 is 30.1 Å². The molecule has 1 aromatic heterocycles. The largest absolute Gasteiger partial charge is 0.454 e. The van der Waals surface area contributed by atoms with E-state index in [1.165, 1.54) is 29.5 Å². The van der Waals surface area contributed by atoms with Gasteiger partial charge in [0.2, 0.25) is 0 Å². The van der Waals surface area contributed by atoms with E-state index in [1.807, 2.05) is 6.07 Å². The molecule has 0 N–H and O–H groups in total. The Labute approximate surface area is 152 Å². The minimum Gasteiger partial charge on any atom is -0.454 e. The van der Waals surface area contributed by atoms with Crippen LogP contribution < -0.4 is 0 Å². The molecule has 0 aliphatic heterocycles. The maximum atomic E-state index is 13.6. The van der Waals surface area contributed by atoms with E-state index in [0.29, 0.717) is 10.7 Å². The molecule has 0 saturated heterocycles. The second-order valence-corrected chi connectivity index (χ2v) is 6.23. The van der Waals surface area contributed by atoms with Gasteiger partial charge in [0, 0.05) is 22.7 Å². The third kappa shape index (κ3) is 4.95. The molecule has 1 atom stereocenters. The molecule has 0 amide bonds. The monoisotopic (exact) mass is 378 g/mol. The Morgan fingerprint density at radius 3 is 2.88 bits per heavy atom. The van der Waals surface area contributed by atoms with Crippen LogP contribution in [0.5, 0.6) is 0 Å². The lowest BCUT2D eigenvalue weighted by Crippen LogP contribution is -2.19. The van der Waals surface area contributed by atoms with Crippen molar-refractivity contribution in [3.63, 3.8) is 0 Å². The topological polar surface area (TPSA) is 80.0 Å². The zero-order valence-corrected chi connectivity index (χ0v) is 14.6. The molecule has 25 heavy (non-hydrogen) atoms. The van der Waals surface area contributed by atoms with Crippen molar-refractivity contribution >= 4 is 40.8 Å². The van der Waals surface area contributed by atoms with E-state index in [2.05, 4.69) is 4.98 Å². The van der Waals surface area contributed by atoms with Gasteiger partial charge in [-0.2, -0.15) is 5.26 Å². The van der Waals surface area contributed by atoms with Crippen molar-refractivity contribution in [1.82, 2.24) is 4.98 Å². The predicted molar refractivity (Wildman–Crippen MR) is 91.6 cm³/mol. The summed E-state index contributed by atoms with van der Waals surface area (Å²) in [4.78, 5) is 27.8. The quantitative estimate of drug-likeness (QED) is 0.566. The lowest BCUT2D eigenvalue weighted by molar-refractivity contribution is -0.143. The van der Waals surface area contributed by atoms with Gasteiger partial charge >= 0.3 is 5.97 Å². The first-order chi connectivity index (χ1) is 11.9. The number of hydrogen-bond donors (Lipinski definition) is 0. The van der Waals surface area contributed by atoms with E-state index in [9.17, 15) is 14.0 Å². The molecule has 0 bridgehead atoms. The average Bonchev–Trinajstić information content (AvgIpc) is 2.99. The number of ether oxygens (including phenoxy) is 1. The minimum absolute atomic E-state index is 0.0422. The number of halogens is 2. The Hall–Kier alpha value is -2.56. The van der Waals surface area contributed by atoms with E-state index in [4.69, 9.17) is 21.6 Å². The number of carbonyl (C=O) groups is 2. The second-order valence-electron chi connectivity index (χ2n) is 4.93. The second kappa shape index (κ2) is 8.51. The number of aromatic nitrogens is 1. The van der Waals surface area contributed by atoms with Crippen LogP contribution in [0.4, 0.5) is 4.39 Å². The van der Waals surface area contributed by atoms with Gasteiger partial charge < -0.3 is 4.74 Å². The summed E-state index contributed by atoms with van der Waals surface area (Å²) in [6.45, 7) is 1.17. The lowest BCUT2D eigenvalue weighted by atomic mass is 10.1. The van der Waals surface area contributed by atoms with E-state index >= 15 is 0 Å². The normalized spacial score (nSPS) is 11.9. The molecule has 0 fully saturated rings. The van der Waals surface area contributed by atoms with Gasteiger partial charge in [-0.25, -0.2) is 14.2 Å². The molecule has 0 aliphatic carbocycles. The fourth-order valence-corrected chi connectivity index (χ4v) is 2.95. The van der Waals surface area contributed by atoms with Crippen LogP contribution in [0.25, 0.3) is 6.08 Å². The maximum Gasteiger partial charge on any atom is 0.331 e. The van der Waals surface area contributed by atoms with Crippen LogP contribution in [-0.2, 0) is 14.3 Å². The number of ketones is 1. The molecule has 0 radical (unpaired) electrons. The van der Waals surface area contributed by atoms with Gasteiger partial charge in [-0.1, -0.05) is 17.7 Å². The third-order valence-electron chi connectivity index (χ3n) is 3.08. The molecule has 1 unspecified atom stereocenters. The highest BCUT2D eigenvalue weighted by Crippen LogP contribution is 2.21. The van der Waals surface area contributed by atoms with E-state index in [-0.39, 0.29) is 10.6 Å². The molecule has 2 rings (SSSR count). The van der Waals surface area contributed by atoms with Crippen molar-refractivity contribution in [2.45, 2.75) is 12.8 Å². The zero-order chi connectivity index (χ0) is 18.4. The first-order valence-electron chi connectivity index (χ1n) is 7.05. The highest BCUT2D eigenvalue weighted by molar-refractivity contribution is 7.09. The number of esters is 1. The van der Waals surface area contributed by atoms with Crippen LogP contribution in [0.3, 0.4) is 0 Å². The highest BCUT2D eigenvalue weighted by Gasteiger charge is 2.24. The van der Waals surface area contributed by atoms with Gasteiger partial charge in [-0.15, -0.1) is 11.3 Å². The van der Waals surface area contributed by atoms with Crippen molar-refractivity contribution in [3.8, 4) is 6.07 Å². The summed E-state index contributed by atoms with van der Waals surface area (Å²) < 4.78 is 18.4. The summed E-state index contributed by atoms with van der Waals surface area (Å²) >= 11 is 7.02. The summed E-state index contributed by atoms with van der Waals surface area (Å²) in [7, 11) is 0. The fourth-order valence-electron chi connectivity index (χ4n) is 1.86. The Morgan fingerprint density at radius 1 is 1.52 bits per heavy atom. The number of benzene rings is 1. The fraction of sp³-hybridized carbons (Fsp3) is 0.176. The van der Waals surface area contributed by atoms with Crippen molar-refractivity contribution < 1.29 is 18.7 Å². The smallest absolute Gasteiger partial charge is 0.331 e. The van der Waals surface area contributed by atoms with Crippen LogP contribution >= 0.6 is 22.9 Å². The van der Waals surface area contributed by atoms with Crippen LogP contribution in [0.15, 0.2) is 29.7 Å². The molecule has 8 heteroatoms. The predicted octanol–water partition coefficient (Wildman–Crippen LogP) is 3.68. The number of nitriles is 1. The molecule has 5 nitrogen and oxygen atoms in total. The minimum atomic E-state index is -1.09. The Morgan fingerprint density at radius 2 is 2.28 bits per heavy atom. The first kappa shape index (κ1) is 18.8. The van der Waals surface area contributed by atoms with Gasteiger partial charge in [0.1, 0.15) is 10.8 Å². The van der Waals surface area contributed by atoms with Gasteiger partial charge in [-0.05, 0) is 25.1 Å². The van der Waals surface area contributed by atoms with Crippen LogP contribution in [0.1, 0.15) is 22.2 Å². The van der Waals surface area contributed by atoms with Gasteiger partial charge in [-0.3, -0.25) is 4.79 Å². The molecular formula is C17H12ClFN2O3S. The number of hydrogen-bond acceptors (Lipinski definition) is 6. The molecule has 0 spiro atoms. The van der Waals surface area contributed by atoms with Crippen LogP contribution in [-0.4, -0.2) is 23.3 Å². The van der Waals surface area contributed by atoms with Crippen molar-refractivity contribution in [2.75, 3.05) is 6.61 Å². The number of aryl methyl sites for hydroxylation is 1. The van der Waals surface area contributed by atoms with Crippen molar-refractivity contribution in [2.24, 2.45) is 0 Å². The molecule has 1 heterocycles. The number of carbonyl (C=O) groups excluding carboxylic acids is 2. The van der Waals surface area contributed by atoms with Crippen LogP contribution in [0, 0.1) is 24.1 Å². The summed E-state index contributed by atoms with van der Waals surface area (Å²) in [5.41, 5.74) is 0.746. The molecule has 0 saturated carbocycles. The number of thiazole rings is 1. The standard InChI is InChI=1S/C17H12ClFN2O3S/c1-10-9-25-17(21-10)12(7-20)15(22)8-24-16(23)6-5-11-13(18)3-2-4-14(11)19/h2-6,9,12H,8H2,1H3. The SMILES string of the molecule is Cc1csc(C(C#N)C(=O)COC(=O)C=Cc2c(F)cccc2Cl)n1. The number of nitrogens with zero attached hydrogens (tertiary/aromatic N) is 2. The highest BCUT2D eigenvalue weighted by atomic mass is 35.5. The van der Waals surface area contributed by atoms with Gasteiger partial charge in [0.25, 0.3) is 0 Å². The summed E-state index contributed by atoms with van der Waals surface area (Å²) in [6.07, 6.45) is 2.13. The van der Waals surface area contributed by atoms with E-state index in [1.54, 1.807) is 12.3 Å². The first-order valence-corrected chi connectivity index (χ1v) is 8.31. The average molecular weight is 379 g/mol. The Bertz CT molecular complexity index is 853. The molecule has 128 valence electrons. The maximum absolute atomic E-state index is 13.6. The number of rotatable bonds is 6. The Kier molecular flexibility index (Phi) is 6.39. The number of Topliss-reactive ketones (excluding diaryl/α,β-unsaturated/α-hetero) is 1. The molecule has 1 aromatic carbocycles. The summed E-state index contributed by atoms with van der Waals surface area (Å²) in [6, 6.07) is 5.97. The zero-order valence-electron chi connectivity index (χ0n) is 13.0. The molecule has 0 aliphatic rings. The Balaban J connectivity index is 1.96. The summed E-state index contributed by atoms with van der Waals surface area (Å²) in [5, 5.41) is 11.3. The molecule has 2 aromatic rings. The van der Waals surface area contributed by atoms with Gasteiger partial charge in [0.15, 0.2) is 18.3 Å². The third-order valence-corrected chi connectivity index (χ3v) is 4.43. The van der Waals surface area contributed by atoms with Gasteiger partial charge in [0.05, 0.1) is 11.1 Å². The lowest BCUT2D eigenvalue weighted by Gasteiger charge is -2.05. The van der Waals surface area contributed by atoms with E-state index in [0.717, 1.165) is 12.2 Å².